The number of aryl methyl sites for hydroxylation is 2. The molecule has 0 bridgehead atoms. The van der Waals surface area contributed by atoms with Crippen molar-refractivity contribution < 1.29 is 4.79 Å². The van der Waals surface area contributed by atoms with Crippen molar-refractivity contribution in [3.8, 4) is 0 Å². The predicted molar refractivity (Wildman–Crippen MR) is 139 cm³/mol. The molecule has 0 N–H and O–H groups in total. The molecule has 1 fully saturated rings. The predicted octanol–water partition coefficient (Wildman–Crippen LogP) is 4.17. The van der Waals surface area contributed by atoms with Gasteiger partial charge in [-0.2, -0.15) is 5.10 Å². The Balaban J connectivity index is 1.43. The lowest BCUT2D eigenvalue weighted by Crippen LogP contribution is -2.46. The van der Waals surface area contributed by atoms with Gasteiger partial charge >= 0.3 is 0 Å². The highest BCUT2D eigenvalue weighted by Crippen LogP contribution is 2.32. The van der Waals surface area contributed by atoms with E-state index < -0.39 is 0 Å². The lowest BCUT2D eigenvalue weighted by Gasteiger charge is -2.38. The summed E-state index contributed by atoms with van der Waals surface area (Å²) in [5.41, 5.74) is 6.88. The van der Waals surface area contributed by atoms with E-state index in [-0.39, 0.29) is 11.8 Å². The summed E-state index contributed by atoms with van der Waals surface area (Å²) in [5.74, 6) is 0.161. The van der Waals surface area contributed by atoms with Crippen molar-refractivity contribution in [1.29, 1.82) is 0 Å². The van der Waals surface area contributed by atoms with Crippen molar-refractivity contribution in [2.24, 2.45) is 5.92 Å². The normalized spacial score (nSPS) is 21.4. The number of hydrogen-bond donors (Lipinski definition) is 0. The summed E-state index contributed by atoms with van der Waals surface area (Å²) in [6.07, 6.45) is 15.1. The molecule has 35 heavy (non-hydrogen) atoms. The van der Waals surface area contributed by atoms with Gasteiger partial charge in [-0.3, -0.25) is 19.6 Å². The lowest BCUT2D eigenvalue weighted by atomic mass is 9.92. The Hall–Kier alpha value is -3.19. The molecule has 184 valence electrons. The minimum absolute atomic E-state index is 0.0219. The van der Waals surface area contributed by atoms with Gasteiger partial charge < -0.3 is 4.90 Å². The first-order valence-corrected chi connectivity index (χ1v) is 12.9. The second-order valence-electron chi connectivity index (χ2n) is 9.83. The zero-order valence-corrected chi connectivity index (χ0v) is 21.4. The number of hydrogen-bond acceptors (Lipinski definition) is 5. The molecule has 2 aromatic heterocycles. The summed E-state index contributed by atoms with van der Waals surface area (Å²) in [6, 6.07) is 2.08. The Morgan fingerprint density at radius 3 is 2.60 bits per heavy atom. The number of allylic oxidation sites excluding steroid dienone is 4. The van der Waals surface area contributed by atoms with E-state index in [9.17, 15) is 4.79 Å². The van der Waals surface area contributed by atoms with Crippen LogP contribution in [0.25, 0.3) is 11.1 Å². The topological polar surface area (TPSA) is 57.0 Å². The maximum atomic E-state index is 13.5. The highest BCUT2D eigenvalue weighted by Gasteiger charge is 2.26. The first-order chi connectivity index (χ1) is 17.0. The number of carbonyl (C=O) groups excluding carboxylic acids is 1. The van der Waals surface area contributed by atoms with Crippen LogP contribution in [0.3, 0.4) is 0 Å². The second kappa shape index (κ2) is 9.82. The summed E-state index contributed by atoms with van der Waals surface area (Å²) < 4.78 is 1.91. The number of nitrogens with zero attached hydrogens (tertiary/aromatic N) is 6. The minimum atomic E-state index is -0.0219. The molecule has 2 aromatic rings. The number of fused-ring (bicyclic) bond motifs is 2. The number of aromatic nitrogens is 3. The van der Waals surface area contributed by atoms with Crippen molar-refractivity contribution >= 4 is 17.0 Å². The Morgan fingerprint density at radius 2 is 1.86 bits per heavy atom. The van der Waals surface area contributed by atoms with Crippen molar-refractivity contribution in [3.63, 3.8) is 0 Å². The van der Waals surface area contributed by atoms with Crippen LogP contribution in [0, 0.1) is 12.8 Å². The van der Waals surface area contributed by atoms with E-state index in [1.165, 1.54) is 6.42 Å². The third kappa shape index (κ3) is 4.69. The fraction of sp³-hybridized carbons (Fsp3) is 0.464. The van der Waals surface area contributed by atoms with Gasteiger partial charge in [-0.25, -0.2) is 4.52 Å². The summed E-state index contributed by atoms with van der Waals surface area (Å²) in [5, 5.41) is 4.85. The molecule has 0 aromatic carbocycles. The quantitative estimate of drug-likeness (QED) is 0.654. The van der Waals surface area contributed by atoms with Crippen molar-refractivity contribution in [2.45, 2.75) is 47.0 Å². The van der Waals surface area contributed by atoms with Gasteiger partial charge in [0.15, 0.2) is 0 Å². The van der Waals surface area contributed by atoms with Crippen LogP contribution in [0.2, 0.25) is 0 Å². The Morgan fingerprint density at radius 1 is 1.09 bits per heavy atom. The summed E-state index contributed by atoms with van der Waals surface area (Å²) in [7, 11) is 0. The zero-order chi connectivity index (χ0) is 24.5. The van der Waals surface area contributed by atoms with E-state index in [1.54, 1.807) is 11.0 Å². The summed E-state index contributed by atoms with van der Waals surface area (Å²) >= 11 is 0. The molecule has 0 aliphatic carbocycles. The molecule has 7 nitrogen and oxygen atoms in total. The molecule has 7 heteroatoms. The Labute approximate surface area is 208 Å². The maximum Gasteiger partial charge on any atom is 0.255 e. The van der Waals surface area contributed by atoms with Crippen LogP contribution in [-0.4, -0.2) is 67.9 Å². The molecule has 5 heterocycles. The monoisotopic (exact) mass is 472 g/mol. The average Bonchev–Trinajstić information content (AvgIpc) is 3.28. The molecular weight excluding hydrogens is 436 g/mol. The van der Waals surface area contributed by atoms with E-state index in [0.717, 1.165) is 85.1 Å². The van der Waals surface area contributed by atoms with Gasteiger partial charge in [0.05, 0.1) is 34.5 Å². The summed E-state index contributed by atoms with van der Waals surface area (Å²) in [6.45, 7) is 13.8. The van der Waals surface area contributed by atoms with E-state index in [2.05, 4.69) is 59.8 Å². The first-order valence-electron chi connectivity index (χ1n) is 12.9. The summed E-state index contributed by atoms with van der Waals surface area (Å²) in [4.78, 5) is 24.9. The van der Waals surface area contributed by atoms with Crippen LogP contribution in [0.15, 0.2) is 54.2 Å². The first kappa shape index (κ1) is 23.5. The molecule has 0 spiro atoms. The van der Waals surface area contributed by atoms with Crippen molar-refractivity contribution in [3.05, 3.63) is 71.2 Å². The van der Waals surface area contributed by atoms with Crippen LogP contribution in [0.4, 0.5) is 0 Å². The number of carbonyl (C=O) groups is 1. The van der Waals surface area contributed by atoms with Crippen LogP contribution in [0.5, 0.6) is 0 Å². The second-order valence-corrected chi connectivity index (χ2v) is 9.83. The van der Waals surface area contributed by atoms with Crippen LogP contribution < -0.4 is 0 Å². The van der Waals surface area contributed by atoms with Crippen LogP contribution >= 0.6 is 0 Å². The number of amides is 1. The van der Waals surface area contributed by atoms with E-state index in [0.29, 0.717) is 0 Å². The molecule has 1 atom stereocenters. The molecule has 3 aliphatic rings. The molecule has 0 saturated carbocycles. The smallest absolute Gasteiger partial charge is 0.255 e. The van der Waals surface area contributed by atoms with Gasteiger partial charge in [-0.15, -0.1) is 0 Å². The van der Waals surface area contributed by atoms with Gasteiger partial charge in [0.1, 0.15) is 0 Å². The number of rotatable bonds is 5. The average molecular weight is 473 g/mol. The molecule has 1 unspecified atom stereocenters. The van der Waals surface area contributed by atoms with Crippen LogP contribution in [0.1, 0.15) is 50.7 Å². The molecule has 0 radical (unpaired) electrons. The van der Waals surface area contributed by atoms with Gasteiger partial charge in [0.2, 0.25) is 0 Å². The third-order valence-electron chi connectivity index (χ3n) is 7.25. The standard InChI is InChI=1S/C28H36N6O/c1-5-11-31-12-14-32(15-13-31)23-10-9-22-8-7-20(3)24(16-28(35)33(22)19-23)26-17-27-25(6-2)29-21(4)18-34(27)30-26/h8-10,16-20H,5-7,11-15H2,1-4H3. The molecule has 3 aliphatic heterocycles. The fourth-order valence-corrected chi connectivity index (χ4v) is 5.27. The molecule has 1 amide bonds. The van der Waals surface area contributed by atoms with E-state index in [4.69, 9.17) is 5.10 Å². The van der Waals surface area contributed by atoms with Crippen molar-refractivity contribution in [2.75, 3.05) is 32.7 Å². The molecule has 5 rings (SSSR count). The van der Waals surface area contributed by atoms with Gasteiger partial charge in [0.25, 0.3) is 5.91 Å². The van der Waals surface area contributed by atoms with E-state index >= 15 is 0 Å². The minimum Gasteiger partial charge on any atom is -0.368 e. The highest BCUT2D eigenvalue weighted by molar-refractivity contribution is 5.98. The highest BCUT2D eigenvalue weighted by atomic mass is 16.2. The van der Waals surface area contributed by atoms with E-state index in [1.807, 2.05) is 23.8 Å². The maximum absolute atomic E-state index is 13.5. The zero-order valence-electron chi connectivity index (χ0n) is 21.4. The lowest BCUT2D eigenvalue weighted by molar-refractivity contribution is -0.122. The van der Waals surface area contributed by atoms with Gasteiger partial charge in [0, 0.05) is 44.2 Å². The number of piperazine rings is 1. The fourth-order valence-electron chi connectivity index (χ4n) is 5.27. The van der Waals surface area contributed by atoms with Crippen LogP contribution in [-0.2, 0) is 11.2 Å². The van der Waals surface area contributed by atoms with Gasteiger partial charge in [-0.05, 0) is 62.4 Å². The molecular formula is C28H36N6O. The SMILES string of the molecule is CCCN1CCN(C2=CN3C(=O)C=C(c4cc5c(CC)nc(C)cn5n4)C(C)CC=C3C=C2)CC1. The Bertz CT molecular complexity index is 1240. The third-order valence-corrected chi connectivity index (χ3v) is 7.25. The van der Waals surface area contributed by atoms with Crippen molar-refractivity contribution in [1.82, 2.24) is 29.3 Å². The molecule has 1 saturated heterocycles. The Kier molecular flexibility index (Phi) is 6.60. The largest absolute Gasteiger partial charge is 0.368 e. The van der Waals surface area contributed by atoms with Gasteiger partial charge in [-0.1, -0.05) is 26.8 Å².